The fourth-order valence-electron chi connectivity index (χ4n) is 0.821. The zero-order valence-electron chi connectivity index (χ0n) is 6.91. The van der Waals surface area contributed by atoms with Crippen LogP contribution in [-0.2, 0) is 10.2 Å². The Bertz CT molecular complexity index is 417. The van der Waals surface area contributed by atoms with Gasteiger partial charge in [0.25, 0.3) is 10.2 Å². The Morgan fingerprint density at radius 3 is 2.54 bits per heavy atom. The first kappa shape index (κ1) is 10.3. The van der Waals surface area contributed by atoms with E-state index in [2.05, 4.69) is 4.72 Å². The third kappa shape index (κ3) is 3.22. The van der Waals surface area contributed by atoms with Gasteiger partial charge < -0.3 is 0 Å². The second-order valence-electron chi connectivity index (χ2n) is 2.61. The van der Waals surface area contributed by atoms with Gasteiger partial charge in [0, 0.05) is 5.02 Å². The van der Waals surface area contributed by atoms with Gasteiger partial charge in [-0.1, -0.05) is 17.7 Å². The monoisotopic (exact) mass is 220 g/mol. The first-order chi connectivity index (χ1) is 5.88. The van der Waals surface area contributed by atoms with E-state index >= 15 is 0 Å². The van der Waals surface area contributed by atoms with Crippen molar-refractivity contribution in [1.29, 1.82) is 0 Å². The molecule has 0 saturated carbocycles. The lowest BCUT2D eigenvalue weighted by Gasteiger charge is -2.04. The second kappa shape index (κ2) is 3.53. The molecule has 0 aliphatic heterocycles. The van der Waals surface area contributed by atoms with Crippen molar-refractivity contribution in [2.24, 2.45) is 5.14 Å². The van der Waals surface area contributed by atoms with Crippen LogP contribution < -0.4 is 9.86 Å². The molecular weight excluding hydrogens is 212 g/mol. The summed E-state index contributed by atoms with van der Waals surface area (Å²) in [6, 6.07) is 4.79. The normalized spacial score (nSPS) is 11.3. The maximum absolute atomic E-state index is 10.6. The fourth-order valence-corrected chi connectivity index (χ4v) is 1.46. The topological polar surface area (TPSA) is 72.2 Å². The molecule has 6 heteroatoms. The molecule has 13 heavy (non-hydrogen) atoms. The molecule has 0 saturated heterocycles. The van der Waals surface area contributed by atoms with Crippen LogP contribution in [-0.4, -0.2) is 8.42 Å². The number of halogens is 1. The van der Waals surface area contributed by atoms with E-state index in [-0.39, 0.29) is 0 Å². The molecule has 0 bridgehead atoms. The molecule has 1 aromatic carbocycles. The molecule has 0 atom stereocenters. The average molecular weight is 221 g/mol. The number of hydrogen-bond acceptors (Lipinski definition) is 2. The Labute approximate surface area is 81.9 Å². The van der Waals surface area contributed by atoms with Crippen LogP contribution in [0.15, 0.2) is 18.2 Å². The van der Waals surface area contributed by atoms with Gasteiger partial charge in [0.15, 0.2) is 0 Å². The smallest absolute Gasteiger partial charge is 0.271 e. The summed E-state index contributed by atoms with van der Waals surface area (Å²) in [4.78, 5) is 0. The minimum Gasteiger partial charge on any atom is -0.271 e. The molecule has 0 unspecified atom stereocenters. The molecule has 0 aliphatic rings. The van der Waals surface area contributed by atoms with E-state index in [9.17, 15) is 8.42 Å². The van der Waals surface area contributed by atoms with Crippen LogP contribution in [0.1, 0.15) is 5.56 Å². The summed E-state index contributed by atoms with van der Waals surface area (Å²) in [5.74, 6) is 0. The zero-order valence-corrected chi connectivity index (χ0v) is 8.48. The number of benzene rings is 1. The standard InChI is InChI=1S/C7H9ClN2O2S/c1-5-2-3-6(4-7(5)8)10-13(9,11)12/h2-4,10H,1H3,(H2,9,11,12). The van der Waals surface area contributed by atoms with Gasteiger partial charge in [-0.25, -0.2) is 5.14 Å². The van der Waals surface area contributed by atoms with Crippen molar-refractivity contribution < 1.29 is 8.42 Å². The van der Waals surface area contributed by atoms with Crippen LogP contribution in [0, 0.1) is 6.92 Å². The third-order valence-corrected chi connectivity index (χ3v) is 2.36. The largest absolute Gasteiger partial charge is 0.296 e. The van der Waals surface area contributed by atoms with Crippen molar-refractivity contribution in [2.45, 2.75) is 6.92 Å². The van der Waals surface area contributed by atoms with E-state index in [1.165, 1.54) is 6.07 Å². The molecule has 0 aromatic heterocycles. The molecule has 3 N–H and O–H groups in total. The van der Waals surface area contributed by atoms with Gasteiger partial charge in [-0.15, -0.1) is 0 Å². The van der Waals surface area contributed by atoms with Gasteiger partial charge in [-0.2, -0.15) is 8.42 Å². The zero-order chi connectivity index (χ0) is 10.1. The Morgan fingerprint density at radius 2 is 2.08 bits per heavy atom. The van der Waals surface area contributed by atoms with E-state index in [0.29, 0.717) is 10.7 Å². The molecule has 72 valence electrons. The van der Waals surface area contributed by atoms with Crippen molar-refractivity contribution in [1.82, 2.24) is 0 Å². The molecule has 4 nitrogen and oxygen atoms in total. The maximum atomic E-state index is 10.6. The van der Waals surface area contributed by atoms with Crippen LogP contribution in [0.4, 0.5) is 5.69 Å². The van der Waals surface area contributed by atoms with Crippen molar-refractivity contribution >= 4 is 27.5 Å². The summed E-state index contributed by atoms with van der Waals surface area (Å²) < 4.78 is 23.4. The van der Waals surface area contributed by atoms with E-state index in [0.717, 1.165) is 5.56 Å². The van der Waals surface area contributed by atoms with Crippen LogP contribution in [0.5, 0.6) is 0 Å². The summed E-state index contributed by atoms with van der Waals surface area (Å²) in [5.41, 5.74) is 1.24. The summed E-state index contributed by atoms with van der Waals surface area (Å²) in [5, 5.41) is 5.27. The lowest BCUT2D eigenvalue weighted by molar-refractivity contribution is 0.603. The fraction of sp³-hybridized carbons (Fsp3) is 0.143. The number of anilines is 1. The predicted molar refractivity (Wildman–Crippen MR) is 52.9 cm³/mol. The van der Waals surface area contributed by atoms with E-state index in [4.69, 9.17) is 16.7 Å². The maximum Gasteiger partial charge on any atom is 0.296 e. The molecule has 0 spiro atoms. The molecule has 1 aromatic rings. The molecule has 0 fully saturated rings. The molecular formula is C7H9ClN2O2S. The van der Waals surface area contributed by atoms with Crippen LogP contribution in [0.25, 0.3) is 0 Å². The Hall–Kier alpha value is -0.780. The molecule has 0 radical (unpaired) electrons. The number of nitrogens with two attached hydrogens (primary N) is 1. The van der Waals surface area contributed by atoms with Crippen molar-refractivity contribution in [2.75, 3.05) is 4.72 Å². The van der Waals surface area contributed by atoms with Gasteiger partial charge in [0.2, 0.25) is 0 Å². The first-order valence-corrected chi connectivity index (χ1v) is 5.37. The minimum absolute atomic E-state index is 0.359. The highest BCUT2D eigenvalue weighted by Gasteiger charge is 2.03. The molecule has 0 amide bonds. The second-order valence-corrected chi connectivity index (χ2v) is 4.31. The van der Waals surface area contributed by atoms with Crippen molar-refractivity contribution in [3.8, 4) is 0 Å². The quantitative estimate of drug-likeness (QED) is 0.788. The lowest BCUT2D eigenvalue weighted by Crippen LogP contribution is -2.21. The van der Waals surface area contributed by atoms with E-state index in [1.807, 2.05) is 6.92 Å². The van der Waals surface area contributed by atoms with Crippen LogP contribution in [0.2, 0.25) is 5.02 Å². The minimum atomic E-state index is -3.72. The average Bonchev–Trinajstić information content (AvgIpc) is 1.94. The lowest BCUT2D eigenvalue weighted by atomic mass is 10.2. The van der Waals surface area contributed by atoms with Crippen molar-refractivity contribution in [3.63, 3.8) is 0 Å². The molecule has 1 rings (SSSR count). The Balaban J connectivity index is 2.99. The summed E-state index contributed by atoms with van der Waals surface area (Å²) in [6.07, 6.45) is 0. The number of rotatable bonds is 2. The number of nitrogens with one attached hydrogen (secondary N) is 1. The highest BCUT2D eigenvalue weighted by atomic mass is 35.5. The Kier molecular flexibility index (Phi) is 2.80. The van der Waals surface area contributed by atoms with Crippen LogP contribution >= 0.6 is 11.6 Å². The predicted octanol–water partition coefficient (Wildman–Crippen LogP) is 1.26. The van der Waals surface area contributed by atoms with E-state index < -0.39 is 10.2 Å². The number of aryl methyl sites for hydroxylation is 1. The summed E-state index contributed by atoms with van der Waals surface area (Å²) in [7, 11) is -3.72. The first-order valence-electron chi connectivity index (χ1n) is 3.45. The highest BCUT2D eigenvalue weighted by molar-refractivity contribution is 7.90. The van der Waals surface area contributed by atoms with Gasteiger partial charge in [0.1, 0.15) is 0 Å². The number of hydrogen-bond donors (Lipinski definition) is 2. The molecule has 0 heterocycles. The summed E-state index contributed by atoms with van der Waals surface area (Å²) in [6.45, 7) is 1.82. The summed E-state index contributed by atoms with van der Waals surface area (Å²) >= 11 is 5.77. The van der Waals surface area contributed by atoms with Gasteiger partial charge in [-0.3, -0.25) is 4.72 Å². The SMILES string of the molecule is Cc1ccc(NS(N)(=O)=O)cc1Cl. The Morgan fingerprint density at radius 1 is 1.46 bits per heavy atom. The van der Waals surface area contributed by atoms with Gasteiger partial charge in [-0.05, 0) is 24.6 Å². The van der Waals surface area contributed by atoms with Crippen LogP contribution in [0.3, 0.4) is 0 Å². The third-order valence-electron chi connectivity index (χ3n) is 1.43. The van der Waals surface area contributed by atoms with E-state index in [1.54, 1.807) is 12.1 Å². The van der Waals surface area contributed by atoms with Crippen molar-refractivity contribution in [3.05, 3.63) is 28.8 Å². The van der Waals surface area contributed by atoms with Gasteiger partial charge in [0.05, 0.1) is 5.69 Å². The molecule has 0 aliphatic carbocycles. The highest BCUT2D eigenvalue weighted by Crippen LogP contribution is 2.20. The van der Waals surface area contributed by atoms with Gasteiger partial charge >= 0.3 is 0 Å².